The first-order chi connectivity index (χ1) is 13.2. The first-order valence-corrected chi connectivity index (χ1v) is 9.17. The maximum atomic E-state index is 12.8. The molecule has 0 aromatic carbocycles. The highest BCUT2D eigenvalue weighted by Gasteiger charge is 2.20. The number of hydrogen-bond donors (Lipinski definition) is 2. The third-order valence-corrected chi connectivity index (χ3v) is 4.00. The number of amides is 2. The summed E-state index contributed by atoms with van der Waals surface area (Å²) in [6.07, 6.45) is 3.18. The summed E-state index contributed by atoms with van der Waals surface area (Å²) in [6, 6.07) is 5.27. The smallest absolute Gasteiger partial charge is 0.252 e. The molecule has 3 heterocycles. The minimum Gasteiger partial charge on any atom is -0.463 e. The Balaban J connectivity index is 1.95. The van der Waals surface area contributed by atoms with Crippen molar-refractivity contribution in [3.8, 4) is 11.5 Å². The van der Waals surface area contributed by atoms with Gasteiger partial charge in [-0.25, -0.2) is 9.67 Å². The Hall–Kier alpha value is -3.16. The second-order valence-corrected chi connectivity index (χ2v) is 7.93. The molecule has 0 fully saturated rings. The van der Waals surface area contributed by atoms with E-state index in [-0.39, 0.29) is 29.9 Å². The average molecular weight is 383 g/mol. The predicted molar refractivity (Wildman–Crippen MR) is 106 cm³/mol. The van der Waals surface area contributed by atoms with E-state index in [4.69, 9.17) is 4.42 Å². The maximum absolute atomic E-state index is 12.8. The van der Waals surface area contributed by atoms with Crippen molar-refractivity contribution in [1.82, 2.24) is 25.4 Å². The summed E-state index contributed by atoms with van der Waals surface area (Å²) >= 11 is 0. The van der Waals surface area contributed by atoms with Crippen molar-refractivity contribution in [3.63, 3.8) is 0 Å². The molecule has 0 saturated heterocycles. The number of hydrogen-bond acceptors (Lipinski definition) is 5. The van der Waals surface area contributed by atoms with Crippen molar-refractivity contribution < 1.29 is 14.0 Å². The molecule has 0 saturated carbocycles. The number of fused-ring (bicyclic) bond motifs is 1. The Morgan fingerprint density at radius 1 is 1.29 bits per heavy atom. The van der Waals surface area contributed by atoms with Gasteiger partial charge in [0.2, 0.25) is 5.91 Å². The molecule has 0 atom stereocenters. The number of furan rings is 1. The summed E-state index contributed by atoms with van der Waals surface area (Å²) in [4.78, 5) is 29.5. The molecule has 0 aliphatic carbocycles. The zero-order valence-electron chi connectivity index (χ0n) is 16.7. The molecule has 2 N–H and O–H groups in total. The Morgan fingerprint density at radius 3 is 2.64 bits per heavy atom. The van der Waals surface area contributed by atoms with Crippen molar-refractivity contribution in [2.45, 2.75) is 46.2 Å². The van der Waals surface area contributed by atoms with E-state index < -0.39 is 0 Å². The van der Waals surface area contributed by atoms with Crippen LogP contribution >= 0.6 is 0 Å². The molecule has 148 valence electrons. The Kier molecular flexibility index (Phi) is 5.22. The third kappa shape index (κ3) is 4.21. The SMILES string of the molecule is CC(C)n1ncc2c(C(=O)NCC(=O)NC(C)(C)C)cc(-c3ccco3)nc21. The zero-order chi connectivity index (χ0) is 20.5. The largest absolute Gasteiger partial charge is 0.463 e. The molecule has 0 spiro atoms. The molecule has 0 unspecified atom stereocenters. The molecular weight excluding hydrogens is 358 g/mol. The van der Waals surface area contributed by atoms with Crippen LogP contribution in [0, 0.1) is 0 Å². The van der Waals surface area contributed by atoms with Crippen molar-refractivity contribution in [2.24, 2.45) is 0 Å². The van der Waals surface area contributed by atoms with Gasteiger partial charge in [-0.05, 0) is 52.8 Å². The molecule has 8 nitrogen and oxygen atoms in total. The van der Waals surface area contributed by atoms with Gasteiger partial charge in [0.05, 0.1) is 30.0 Å². The van der Waals surface area contributed by atoms with E-state index in [0.29, 0.717) is 28.1 Å². The van der Waals surface area contributed by atoms with Gasteiger partial charge in [0.25, 0.3) is 5.91 Å². The van der Waals surface area contributed by atoms with Gasteiger partial charge in [-0.2, -0.15) is 5.10 Å². The molecule has 0 bridgehead atoms. The normalized spacial score (nSPS) is 11.8. The highest BCUT2D eigenvalue weighted by molar-refractivity contribution is 6.07. The molecule has 0 aliphatic heterocycles. The summed E-state index contributed by atoms with van der Waals surface area (Å²) in [6.45, 7) is 9.52. The van der Waals surface area contributed by atoms with Gasteiger partial charge in [-0.1, -0.05) is 0 Å². The van der Waals surface area contributed by atoms with E-state index in [1.807, 2.05) is 34.6 Å². The van der Waals surface area contributed by atoms with Crippen molar-refractivity contribution in [3.05, 3.63) is 36.2 Å². The lowest BCUT2D eigenvalue weighted by molar-refractivity contribution is -0.121. The maximum Gasteiger partial charge on any atom is 0.252 e. The Bertz CT molecular complexity index is 997. The quantitative estimate of drug-likeness (QED) is 0.705. The van der Waals surface area contributed by atoms with Crippen LogP contribution in [0.5, 0.6) is 0 Å². The number of pyridine rings is 1. The van der Waals surface area contributed by atoms with E-state index in [1.54, 1.807) is 35.3 Å². The minimum atomic E-state index is -0.368. The number of rotatable bonds is 5. The first-order valence-electron chi connectivity index (χ1n) is 9.17. The fraction of sp³-hybridized carbons (Fsp3) is 0.400. The lowest BCUT2D eigenvalue weighted by Crippen LogP contribution is -2.45. The number of carbonyl (C=O) groups excluding carboxylic acids is 2. The molecule has 2 amide bonds. The van der Waals surface area contributed by atoms with Crippen LogP contribution in [-0.4, -0.2) is 38.7 Å². The topological polar surface area (TPSA) is 102 Å². The van der Waals surface area contributed by atoms with E-state index in [1.165, 1.54) is 0 Å². The van der Waals surface area contributed by atoms with Gasteiger partial charge in [0.1, 0.15) is 5.69 Å². The molecule has 8 heteroatoms. The van der Waals surface area contributed by atoms with Crippen molar-refractivity contribution in [2.75, 3.05) is 6.54 Å². The molecule has 3 aromatic heterocycles. The van der Waals surface area contributed by atoms with Crippen LogP contribution in [0.1, 0.15) is 51.0 Å². The molecule has 0 aliphatic rings. The van der Waals surface area contributed by atoms with Gasteiger partial charge < -0.3 is 15.1 Å². The first kappa shape index (κ1) is 19.6. The fourth-order valence-electron chi connectivity index (χ4n) is 2.85. The number of aromatic nitrogens is 3. The van der Waals surface area contributed by atoms with Crippen LogP contribution in [0.2, 0.25) is 0 Å². The van der Waals surface area contributed by atoms with Gasteiger partial charge in [-0.3, -0.25) is 9.59 Å². The lowest BCUT2D eigenvalue weighted by atomic mass is 10.1. The second kappa shape index (κ2) is 7.46. The third-order valence-electron chi connectivity index (χ3n) is 4.00. The van der Waals surface area contributed by atoms with E-state index >= 15 is 0 Å². The van der Waals surface area contributed by atoms with Crippen molar-refractivity contribution >= 4 is 22.8 Å². The van der Waals surface area contributed by atoms with Gasteiger partial charge in [0, 0.05) is 11.6 Å². The van der Waals surface area contributed by atoms with E-state index in [2.05, 4.69) is 20.7 Å². The van der Waals surface area contributed by atoms with Gasteiger partial charge in [0.15, 0.2) is 11.4 Å². The predicted octanol–water partition coefficient (Wildman–Crippen LogP) is 2.92. The monoisotopic (exact) mass is 383 g/mol. The summed E-state index contributed by atoms with van der Waals surface area (Å²) in [7, 11) is 0. The zero-order valence-corrected chi connectivity index (χ0v) is 16.7. The van der Waals surface area contributed by atoms with Crippen LogP contribution < -0.4 is 10.6 Å². The number of carbonyl (C=O) groups is 2. The van der Waals surface area contributed by atoms with Crippen LogP contribution in [0.3, 0.4) is 0 Å². The lowest BCUT2D eigenvalue weighted by Gasteiger charge is -2.20. The summed E-state index contributed by atoms with van der Waals surface area (Å²) < 4.78 is 7.20. The minimum absolute atomic E-state index is 0.0744. The highest BCUT2D eigenvalue weighted by atomic mass is 16.3. The average Bonchev–Trinajstić information content (AvgIpc) is 3.26. The Labute approximate surface area is 163 Å². The standard InChI is InChI=1S/C20H25N5O3/c1-12(2)25-18-14(10-22-25)13(9-15(23-18)16-7-6-8-28-16)19(27)21-11-17(26)24-20(3,4)5/h6-10,12H,11H2,1-5H3,(H,21,27)(H,24,26). The second-order valence-electron chi connectivity index (χ2n) is 7.93. The molecular formula is C20H25N5O3. The summed E-state index contributed by atoms with van der Waals surface area (Å²) in [5.74, 6) is -0.0687. The molecule has 28 heavy (non-hydrogen) atoms. The van der Waals surface area contributed by atoms with Crippen molar-refractivity contribution in [1.29, 1.82) is 0 Å². The van der Waals surface area contributed by atoms with E-state index in [0.717, 1.165) is 0 Å². The molecule has 0 radical (unpaired) electrons. The van der Waals surface area contributed by atoms with Crippen LogP contribution in [0.15, 0.2) is 35.1 Å². The Morgan fingerprint density at radius 2 is 2.04 bits per heavy atom. The van der Waals surface area contributed by atoms with Gasteiger partial charge in [-0.15, -0.1) is 0 Å². The van der Waals surface area contributed by atoms with E-state index in [9.17, 15) is 9.59 Å². The highest BCUT2D eigenvalue weighted by Crippen LogP contribution is 2.26. The van der Waals surface area contributed by atoms with Crippen LogP contribution in [0.4, 0.5) is 0 Å². The number of nitrogens with one attached hydrogen (secondary N) is 2. The number of nitrogens with zero attached hydrogens (tertiary/aromatic N) is 3. The van der Waals surface area contributed by atoms with Gasteiger partial charge >= 0.3 is 0 Å². The summed E-state index contributed by atoms with van der Waals surface area (Å²) in [5, 5.41) is 10.5. The molecule has 3 aromatic rings. The molecule has 3 rings (SSSR count). The van der Waals surface area contributed by atoms with Crippen LogP contribution in [0.25, 0.3) is 22.5 Å². The fourth-order valence-corrected chi connectivity index (χ4v) is 2.85. The summed E-state index contributed by atoms with van der Waals surface area (Å²) in [5.41, 5.74) is 1.15. The van der Waals surface area contributed by atoms with Crippen LogP contribution in [-0.2, 0) is 4.79 Å².